The van der Waals surface area contributed by atoms with Gasteiger partial charge in [0.15, 0.2) is 0 Å². The molecule has 1 aliphatic heterocycles. The Kier molecular flexibility index (Phi) is 8.09. The molecule has 3 saturated carbocycles. The molecule has 0 aromatic rings. The molecule has 0 amide bonds. The Balaban J connectivity index is 0.00000225. The molecule has 4 rings (SSSR count). The predicted octanol–water partition coefficient (Wildman–Crippen LogP) is 4.76. The second-order valence-corrected chi connectivity index (χ2v) is 10.0. The largest absolute Gasteiger partial charge is 0.480 e. The second-order valence-electron chi connectivity index (χ2n) is 10.0. The van der Waals surface area contributed by atoms with E-state index in [1.807, 2.05) is 0 Å². The van der Waals surface area contributed by atoms with E-state index in [-0.39, 0.29) is 18.4 Å². The SMILES string of the molecule is Cl.O=C(O)[C@@H](NC1CCNCC1)C1CCC(C2CCCC2)(C2CCCC2)CC1. The van der Waals surface area contributed by atoms with Crippen molar-refractivity contribution in [2.75, 3.05) is 13.1 Å². The number of halogens is 1. The van der Waals surface area contributed by atoms with Gasteiger partial charge in [-0.1, -0.05) is 25.7 Å². The molecule has 162 valence electrons. The Morgan fingerprint density at radius 2 is 1.36 bits per heavy atom. The number of carbonyl (C=O) groups is 1. The standard InChI is InChI=1S/C23H40N2O2.ClH/c26-22(27)21(25-20-11-15-24-16-12-20)17-9-13-23(14-10-17,18-5-1-2-6-18)19-7-3-4-8-19;/h17-21,24-25H,1-16H2,(H,26,27);1H/t21-;/m0./s1. The number of rotatable bonds is 6. The smallest absolute Gasteiger partial charge is 0.320 e. The summed E-state index contributed by atoms with van der Waals surface area (Å²) < 4.78 is 0. The first-order chi connectivity index (χ1) is 13.2. The average Bonchev–Trinajstić information content (AvgIpc) is 3.41. The molecule has 0 unspecified atom stereocenters. The zero-order valence-electron chi connectivity index (χ0n) is 17.5. The highest BCUT2D eigenvalue weighted by Gasteiger charge is 2.49. The number of carboxylic acids is 1. The van der Waals surface area contributed by atoms with E-state index in [9.17, 15) is 9.90 Å². The molecule has 1 saturated heterocycles. The van der Waals surface area contributed by atoms with Crippen LogP contribution >= 0.6 is 12.4 Å². The monoisotopic (exact) mass is 412 g/mol. The lowest BCUT2D eigenvalue weighted by molar-refractivity contribution is -0.142. The molecular weight excluding hydrogens is 372 g/mol. The summed E-state index contributed by atoms with van der Waals surface area (Å²) in [5, 5.41) is 16.9. The minimum Gasteiger partial charge on any atom is -0.480 e. The van der Waals surface area contributed by atoms with Gasteiger partial charge in [0.2, 0.25) is 0 Å². The van der Waals surface area contributed by atoms with Crippen LogP contribution in [0.5, 0.6) is 0 Å². The number of carboxylic acid groups (broad SMARTS) is 1. The summed E-state index contributed by atoms with van der Waals surface area (Å²) in [4.78, 5) is 12.1. The predicted molar refractivity (Wildman–Crippen MR) is 116 cm³/mol. The molecule has 0 aromatic heterocycles. The summed E-state index contributed by atoms with van der Waals surface area (Å²) in [6.07, 6.45) is 18.4. The minimum atomic E-state index is -0.618. The van der Waals surface area contributed by atoms with Crippen molar-refractivity contribution in [3.63, 3.8) is 0 Å². The molecule has 3 aliphatic carbocycles. The van der Waals surface area contributed by atoms with Crippen LogP contribution in [0.15, 0.2) is 0 Å². The summed E-state index contributed by atoms with van der Waals surface area (Å²) in [6.45, 7) is 2.03. The topological polar surface area (TPSA) is 61.4 Å². The molecule has 5 heteroatoms. The summed E-state index contributed by atoms with van der Waals surface area (Å²) in [7, 11) is 0. The molecule has 28 heavy (non-hydrogen) atoms. The van der Waals surface area contributed by atoms with Gasteiger partial charge in [-0.25, -0.2) is 0 Å². The number of piperidine rings is 1. The van der Waals surface area contributed by atoms with E-state index in [0.717, 1.165) is 50.6 Å². The lowest BCUT2D eigenvalue weighted by atomic mass is 9.56. The van der Waals surface area contributed by atoms with Gasteiger partial charge in [-0.05, 0) is 100 Å². The molecule has 0 aromatic carbocycles. The Morgan fingerprint density at radius 3 is 1.82 bits per heavy atom. The third-order valence-electron chi connectivity index (χ3n) is 8.79. The zero-order chi connectivity index (χ0) is 18.7. The van der Waals surface area contributed by atoms with Crippen LogP contribution in [-0.4, -0.2) is 36.2 Å². The van der Waals surface area contributed by atoms with Gasteiger partial charge in [0, 0.05) is 6.04 Å². The van der Waals surface area contributed by atoms with Gasteiger partial charge in [-0.3, -0.25) is 4.79 Å². The second kappa shape index (κ2) is 10.1. The summed E-state index contributed by atoms with van der Waals surface area (Å²) in [5.74, 6) is 1.57. The molecule has 4 fully saturated rings. The van der Waals surface area contributed by atoms with E-state index < -0.39 is 5.97 Å². The number of hydrogen-bond acceptors (Lipinski definition) is 3. The molecule has 1 atom stereocenters. The minimum absolute atomic E-state index is 0. The van der Waals surface area contributed by atoms with Crippen LogP contribution in [0.2, 0.25) is 0 Å². The molecule has 0 spiro atoms. The van der Waals surface area contributed by atoms with Crippen LogP contribution in [0.3, 0.4) is 0 Å². The molecule has 1 heterocycles. The van der Waals surface area contributed by atoms with E-state index in [4.69, 9.17) is 0 Å². The highest BCUT2D eigenvalue weighted by atomic mass is 35.5. The van der Waals surface area contributed by atoms with Crippen LogP contribution in [-0.2, 0) is 4.79 Å². The van der Waals surface area contributed by atoms with Gasteiger partial charge in [-0.2, -0.15) is 0 Å². The van der Waals surface area contributed by atoms with E-state index in [0.29, 0.717) is 17.4 Å². The first-order valence-electron chi connectivity index (χ1n) is 11.9. The summed E-state index contributed by atoms with van der Waals surface area (Å²) in [5.41, 5.74) is 0.557. The summed E-state index contributed by atoms with van der Waals surface area (Å²) >= 11 is 0. The summed E-state index contributed by atoms with van der Waals surface area (Å²) in [6, 6.07) is 0.0435. The quantitative estimate of drug-likeness (QED) is 0.588. The Morgan fingerprint density at radius 1 is 0.857 bits per heavy atom. The lowest BCUT2D eigenvalue weighted by Gasteiger charge is -2.50. The van der Waals surface area contributed by atoms with Gasteiger partial charge in [0.05, 0.1) is 0 Å². The van der Waals surface area contributed by atoms with E-state index in [1.165, 1.54) is 64.2 Å². The van der Waals surface area contributed by atoms with Crippen molar-refractivity contribution in [3.05, 3.63) is 0 Å². The molecular formula is C23H41ClN2O2. The molecule has 4 aliphatic rings. The van der Waals surface area contributed by atoms with Crippen molar-refractivity contribution in [1.82, 2.24) is 10.6 Å². The third-order valence-corrected chi connectivity index (χ3v) is 8.79. The fourth-order valence-electron chi connectivity index (χ4n) is 7.31. The Bertz CT molecular complexity index is 471. The van der Waals surface area contributed by atoms with Crippen molar-refractivity contribution < 1.29 is 9.90 Å². The number of hydrogen-bond donors (Lipinski definition) is 3. The normalized spacial score (nSPS) is 28.9. The van der Waals surface area contributed by atoms with Gasteiger partial charge >= 0.3 is 5.97 Å². The lowest BCUT2D eigenvalue weighted by Crippen LogP contribution is -2.52. The van der Waals surface area contributed by atoms with Crippen molar-refractivity contribution >= 4 is 18.4 Å². The van der Waals surface area contributed by atoms with Crippen LogP contribution in [0.1, 0.15) is 89.9 Å². The molecule has 4 nitrogen and oxygen atoms in total. The van der Waals surface area contributed by atoms with Crippen molar-refractivity contribution in [3.8, 4) is 0 Å². The van der Waals surface area contributed by atoms with Gasteiger partial charge < -0.3 is 15.7 Å². The van der Waals surface area contributed by atoms with Crippen LogP contribution in [0.25, 0.3) is 0 Å². The molecule has 0 radical (unpaired) electrons. The average molecular weight is 413 g/mol. The van der Waals surface area contributed by atoms with E-state index >= 15 is 0 Å². The Labute approximate surface area is 177 Å². The maximum Gasteiger partial charge on any atom is 0.320 e. The van der Waals surface area contributed by atoms with Crippen LogP contribution in [0.4, 0.5) is 0 Å². The highest BCUT2D eigenvalue weighted by molar-refractivity contribution is 5.85. The van der Waals surface area contributed by atoms with Crippen molar-refractivity contribution in [2.45, 2.75) is 102 Å². The van der Waals surface area contributed by atoms with Crippen molar-refractivity contribution in [1.29, 1.82) is 0 Å². The highest BCUT2D eigenvalue weighted by Crippen LogP contribution is 2.58. The third kappa shape index (κ3) is 4.70. The van der Waals surface area contributed by atoms with Gasteiger partial charge in [0.25, 0.3) is 0 Å². The Hall–Kier alpha value is -0.320. The fourth-order valence-corrected chi connectivity index (χ4v) is 7.31. The maximum absolute atomic E-state index is 12.1. The van der Waals surface area contributed by atoms with Crippen LogP contribution < -0.4 is 10.6 Å². The first kappa shape index (κ1) is 22.4. The first-order valence-corrected chi connectivity index (χ1v) is 11.9. The fraction of sp³-hybridized carbons (Fsp3) is 0.957. The molecule has 0 bridgehead atoms. The number of aliphatic carboxylic acids is 1. The van der Waals surface area contributed by atoms with Crippen LogP contribution in [0, 0.1) is 23.2 Å². The number of nitrogens with one attached hydrogen (secondary N) is 2. The van der Waals surface area contributed by atoms with Crippen molar-refractivity contribution in [2.24, 2.45) is 23.2 Å². The zero-order valence-corrected chi connectivity index (χ0v) is 18.3. The van der Waals surface area contributed by atoms with Gasteiger partial charge in [-0.15, -0.1) is 12.4 Å². The van der Waals surface area contributed by atoms with Gasteiger partial charge in [0.1, 0.15) is 6.04 Å². The maximum atomic E-state index is 12.1. The van der Waals surface area contributed by atoms with E-state index in [1.54, 1.807) is 0 Å². The van der Waals surface area contributed by atoms with E-state index in [2.05, 4.69) is 10.6 Å². The molecule has 3 N–H and O–H groups in total.